The van der Waals surface area contributed by atoms with Crippen molar-refractivity contribution in [2.45, 2.75) is 39.5 Å². The molecule has 226 valence electrons. The number of amides is 1. The number of azide groups is 1. The van der Waals surface area contributed by atoms with Crippen LogP contribution in [0.4, 0.5) is 5.69 Å². The number of amidine groups is 2. The van der Waals surface area contributed by atoms with Crippen molar-refractivity contribution in [3.8, 4) is 11.1 Å². The molecule has 0 aliphatic carbocycles. The lowest BCUT2D eigenvalue weighted by Gasteiger charge is -2.22. The van der Waals surface area contributed by atoms with Gasteiger partial charge in [0, 0.05) is 67.6 Å². The molecule has 0 saturated heterocycles. The van der Waals surface area contributed by atoms with Crippen molar-refractivity contribution >= 4 is 41.8 Å². The van der Waals surface area contributed by atoms with Gasteiger partial charge >= 0.3 is 0 Å². The van der Waals surface area contributed by atoms with Crippen LogP contribution in [0.3, 0.4) is 0 Å². The standard InChI is InChI=1S/C30H39N11O2/c1-5-12-41(13-6-2)30(43)25-16-23-9-7-22(17-27(23)35-28(31)18-25)21-8-10-24(20-42)26(15-21)19-34-39(3)14-11-29(40(4)33)36-38-37-32/h7-10,15-17,19-20H,5-6,11-14,18,33H2,1-4H3,(H2,31,35)/b34-19-,36-29?. The van der Waals surface area contributed by atoms with Crippen LogP contribution in [0.15, 0.2) is 62.4 Å². The predicted octanol–water partition coefficient (Wildman–Crippen LogP) is 4.68. The molecule has 0 saturated carbocycles. The van der Waals surface area contributed by atoms with E-state index in [1.54, 1.807) is 31.4 Å². The number of aliphatic imine (C=N–C) groups is 1. The number of aldehydes is 1. The van der Waals surface area contributed by atoms with Gasteiger partial charge in [-0.15, -0.1) is 5.53 Å². The molecular formula is C30H39N11O2. The molecule has 0 spiro atoms. The van der Waals surface area contributed by atoms with Gasteiger partial charge in [0.2, 0.25) is 11.7 Å². The molecule has 13 nitrogen and oxygen atoms in total. The Hall–Kier alpha value is -5.00. The monoisotopic (exact) mass is 585 g/mol. The van der Waals surface area contributed by atoms with Crippen LogP contribution in [0, 0.1) is 0 Å². The van der Waals surface area contributed by atoms with Crippen molar-refractivity contribution < 1.29 is 9.59 Å². The molecule has 0 atom stereocenters. The maximum Gasteiger partial charge on any atom is 0.250 e. The van der Waals surface area contributed by atoms with Crippen molar-refractivity contribution in [1.29, 1.82) is 0 Å². The van der Waals surface area contributed by atoms with Gasteiger partial charge in [0.1, 0.15) is 5.84 Å². The topological polar surface area (TPSA) is 182 Å². The number of rotatable bonds is 13. The quantitative estimate of drug-likeness (QED) is 0.0503. The second-order valence-corrected chi connectivity index (χ2v) is 10.2. The first kappa shape index (κ1) is 32.5. The van der Waals surface area contributed by atoms with Gasteiger partial charge in [-0.1, -0.05) is 38.1 Å². The van der Waals surface area contributed by atoms with Gasteiger partial charge in [-0.3, -0.25) is 19.6 Å². The van der Waals surface area contributed by atoms with Gasteiger partial charge < -0.3 is 10.6 Å². The summed E-state index contributed by atoms with van der Waals surface area (Å²) in [4.78, 5) is 34.2. The van der Waals surface area contributed by atoms with Gasteiger partial charge in [-0.25, -0.2) is 10.8 Å². The Kier molecular flexibility index (Phi) is 12.0. The number of hydrogen-bond acceptors (Lipinski definition) is 8. The zero-order chi connectivity index (χ0) is 31.4. The maximum absolute atomic E-state index is 13.3. The number of carbonyl (C=O) groups excluding carboxylic acids is 2. The van der Waals surface area contributed by atoms with E-state index in [0.717, 1.165) is 35.8 Å². The lowest BCUT2D eigenvalue weighted by Crippen LogP contribution is -2.35. The van der Waals surface area contributed by atoms with E-state index in [4.69, 9.17) is 17.1 Å². The van der Waals surface area contributed by atoms with E-state index in [-0.39, 0.29) is 12.3 Å². The zero-order valence-corrected chi connectivity index (χ0v) is 25.1. The fourth-order valence-electron chi connectivity index (χ4n) is 4.59. The van der Waals surface area contributed by atoms with Crippen molar-refractivity contribution in [2.75, 3.05) is 33.7 Å². The number of hydrogen-bond donors (Lipinski definition) is 2. The normalized spacial score (nSPS) is 12.9. The summed E-state index contributed by atoms with van der Waals surface area (Å²) in [6.45, 7) is 5.95. The second-order valence-electron chi connectivity index (χ2n) is 10.2. The lowest BCUT2D eigenvalue weighted by atomic mass is 9.97. The number of fused-ring (bicyclic) bond motifs is 1. The molecule has 13 heteroatoms. The molecule has 4 N–H and O–H groups in total. The molecule has 43 heavy (non-hydrogen) atoms. The minimum absolute atomic E-state index is 0.00801. The molecule has 1 aliphatic heterocycles. The Morgan fingerprint density at radius 3 is 2.42 bits per heavy atom. The van der Waals surface area contributed by atoms with Gasteiger partial charge in [0.05, 0.1) is 18.3 Å². The Labute approximate surface area is 251 Å². The van der Waals surface area contributed by atoms with E-state index < -0.39 is 0 Å². The third kappa shape index (κ3) is 8.99. The van der Waals surface area contributed by atoms with E-state index in [9.17, 15) is 9.59 Å². The van der Waals surface area contributed by atoms with Crippen molar-refractivity contribution in [3.63, 3.8) is 0 Å². The average molecular weight is 586 g/mol. The molecule has 1 aliphatic rings. The highest BCUT2D eigenvalue weighted by molar-refractivity contribution is 6.05. The highest BCUT2D eigenvalue weighted by atomic mass is 16.2. The maximum atomic E-state index is 13.3. The first-order chi connectivity index (χ1) is 20.7. The number of hydrazone groups is 1. The van der Waals surface area contributed by atoms with Crippen LogP contribution in [0.25, 0.3) is 27.6 Å². The van der Waals surface area contributed by atoms with E-state index in [1.165, 1.54) is 5.01 Å². The van der Waals surface area contributed by atoms with Crippen LogP contribution in [0.5, 0.6) is 0 Å². The van der Waals surface area contributed by atoms with E-state index >= 15 is 0 Å². The fourth-order valence-corrected chi connectivity index (χ4v) is 4.59. The van der Waals surface area contributed by atoms with Crippen LogP contribution in [0.2, 0.25) is 0 Å². The minimum atomic E-state index is -0.00801. The molecule has 2 aromatic carbocycles. The van der Waals surface area contributed by atoms with Gasteiger partial charge in [0.25, 0.3) is 0 Å². The summed E-state index contributed by atoms with van der Waals surface area (Å²) >= 11 is 0. The predicted molar refractivity (Wildman–Crippen MR) is 172 cm³/mol. The Morgan fingerprint density at radius 2 is 1.77 bits per heavy atom. The molecule has 1 heterocycles. The SMILES string of the molecule is CCCN(CCC)C(=O)C1=Cc2ccc(-c3ccc(C=O)c(/C=N\N(C)CCC(=NN=[N+]=[N-])N(C)N)c3)cc2N=C(N)C1. The van der Waals surface area contributed by atoms with Crippen molar-refractivity contribution in [1.82, 2.24) is 14.9 Å². The lowest BCUT2D eigenvalue weighted by molar-refractivity contribution is -0.127. The minimum Gasteiger partial charge on any atom is -0.387 e. The summed E-state index contributed by atoms with van der Waals surface area (Å²) in [6.07, 6.45) is 6.72. The summed E-state index contributed by atoms with van der Waals surface area (Å²) in [5.74, 6) is 6.51. The number of nitrogens with zero attached hydrogens (tertiary/aromatic N) is 9. The largest absolute Gasteiger partial charge is 0.387 e. The first-order valence-electron chi connectivity index (χ1n) is 14.1. The summed E-state index contributed by atoms with van der Waals surface area (Å²) in [7, 11) is 3.37. The molecule has 0 bridgehead atoms. The van der Waals surface area contributed by atoms with Crippen molar-refractivity contribution in [3.05, 3.63) is 69.1 Å². The molecule has 0 aromatic heterocycles. The van der Waals surface area contributed by atoms with Crippen LogP contribution >= 0.6 is 0 Å². The van der Waals surface area contributed by atoms with E-state index in [0.29, 0.717) is 60.1 Å². The fraction of sp³-hybridized carbons (Fsp3) is 0.367. The van der Waals surface area contributed by atoms with Crippen molar-refractivity contribution in [2.24, 2.45) is 32.0 Å². The molecule has 0 radical (unpaired) electrons. The third-order valence-corrected chi connectivity index (χ3v) is 6.75. The Bertz CT molecular complexity index is 1480. The first-order valence-corrected chi connectivity index (χ1v) is 14.1. The molecular weight excluding hydrogens is 546 g/mol. The van der Waals surface area contributed by atoms with Crippen LogP contribution < -0.4 is 11.6 Å². The van der Waals surface area contributed by atoms with Crippen LogP contribution in [-0.2, 0) is 4.79 Å². The highest BCUT2D eigenvalue weighted by Gasteiger charge is 2.21. The number of benzene rings is 2. The Balaban J connectivity index is 1.87. The summed E-state index contributed by atoms with van der Waals surface area (Å²) in [6, 6.07) is 11.3. The number of hydrazine groups is 1. The zero-order valence-electron chi connectivity index (χ0n) is 25.1. The summed E-state index contributed by atoms with van der Waals surface area (Å²) < 4.78 is 0. The molecule has 0 fully saturated rings. The molecule has 2 aromatic rings. The van der Waals surface area contributed by atoms with Crippen LogP contribution in [-0.4, -0.2) is 78.7 Å². The smallest absolute Gasteiger partial charge is 0.250 e. The van der Waals surface area contributed by atoms with E-state index in [2.05, 4.69) is 39.2 Å². The molecule has 0 unspecified atom stereocenters. The molecule has 1 amide bonds. The number of nitrogens with two attached hydrogens (primary N) is 2. The van der Waals surface area contributed by atoms with Gasteiger partial charge in [-0.05, 0) is 47.3 Å². The summed E-state index contributed by atoms with van der Waals surface area (Å²) in [5.41, 5.74) is 19.8. The third-order valence-electron chi connectivity index (χ3n) is 6.75. The molecule has 3 rings (SSSR count). The summed E-state index contributed by atoms with van der Waals surface area (Å²) in [5, 5.41) is 14.4. The van der Waals surface area contributed by atoms with Gasteiger partial charge in [0.15, 0.2) is 6.29 Å². The van der Waals surface area contributed by atoms with E-state index in [1.807, 2.05) is 41.3 Å². The average Bonchev–Trinajstić information content (AvgIpc) is 3.16. The number of carbonyl (C=O) groups is 2. The highest BCUT2D eigenvalue weighted by Crippen LogP contribution is 2.32. The second kappa shape index (κ2) is 15.9. The van der Waals surface area contributed by atoms with Gasteiger partial charge in [-0.2, -0.15) is 10.0 Å². The Morgan fingerprint density at radius 1 is 1.07 bits per heavy atom. The van der Waals surface area contributed by atoms with Crippen LogP contribution in [0.1, 0.15) is 61.0 Å².